The zero-order valence-electron chi connectivity index (χ0n) is 14.6. The lowest BCUT2D eigenvalue weighted by molar-refractivity contribution is -0.122. The molecule has 1 N–H and O–H groups in total. The van der Waals surface area contributed by atoms with Crippen molar-refractivity contribution in [2.75, 3.05) is 13.1 Å². The molecular weight excluding hydrogens is 304 g/mol. The molecule has 1 aliphatic heterocycles. The highest BCUT2D eigenvalue weighted by Crippen LogP contribution is 2.28. The Morgan fingerprint density at radius 2 is 1.88 bits per heavy atom. The van der Waals surface area contributed by atoms with Gasteiger partial charge < -0.3 is 5.11 Å². The summed E-state index contributed by atoms with van der Waals surface area (Å²) in [5, 5.41) is 11.2. The summed E-state index contributed by atoms with van der Waals surface area (Å²) in [7, 11) is 0. The number of aromatic nitrogens is 3. The van der Waals surface area contributed by atoms with Gasteiger partial charge in [-0.05, 0) is 58.3 Å². The van der Waals surface area contributed by atoms with Crippen LogP contribution in [0.25, 0.3) is 11.4 Å². The first kappa shape index (κ1) is 18.1. The summed E-state index contributed by atoms with van der Waals surface area (Å²) < 4.78 is 1.99. The summed E-state index contributed by atoms with van der Waals surface area (Å²) in [4.78, 5) is 15.4. The Balaban J connectivity index is 0.000000647. The van der Waals surface area contributed by atoms with Crippen LogP contribution in [0.3, 0.4) is 0 Å². The molecule has 0 aliphatic carbocycles. The highest BCUT2D eigenvalue weighted by atomic mass is 16.3. The Kier molecular flexibility index (Phi) is 6.49. The third-order valence-electron chi connectivity index (χ3n) is 4.38. The summed E-state index contributed by atoms with van der Waals surface area (Å²) in [6.45, 7) is 8.75. The number of likely N-dealkylation sites (tertiary alicyclic amines) is 1. The number of nitrogens with zero attached hydrogens (tertiary/aromatic N) is 4. The molecule has 1 aliphatic rings. The first-order chi connectivity index (χ1) is 11.6. The third kappa shape index (κ3) is 4.20. The Morgan fingerprint density at radius 3 is 2.50 bits per heavy atom. The Morgan fingerprint density at radius 1 is 1.21 bits per heavy atom. The zero-order chi connectivity index (χ0) is 17.5. The lowest BCUT2D eigenvalue weighted by atomic mass is 10.0. The van der Waals surface area contributed by atoms with E-state index in [1.165, 1.54) is 31.5 Å². The van der Waals surface area contributed by atoms with Crippen molar-refractivity contribution in [3.63, 3.8) is 0 Å². The molecule has 0 spiro atoms. The lowest BCUT2D eigenvalue weighted by Crippen LogP contribution is -2.23. The van der Waals surface area contributed by atoms with Crippen LogP contribution < -0.4 is 0 Å². The quantitative estimate of drug-likeness (QED) is 0.870. The van der Waals surface area contributed by atoms with Crippen LogP contribution in [-0.2, 0) is 4.79 Å². The molecule has 6 heteroatoms. The Labute approximate surface area is 143 Å². The van der Waals surface area contributed by atoms with Crippen LogP contribution >= 0.6 is 0 Å². The first-order valence-corrected chi connectivity index (χ1v) is 8.40. The minimum Gasteiger partial charge on any atom is -0.483 e. The average Bonchev–Trinajstić information content (AvgIpc) is 3.26. The van der Waals surface area contributed by atoms with Gasteiger partial charge in [-0.15, -0.1) is 0 Å². The summed E-state index contributed by atoms with van der Waals surface area (Å²) in [6, 6.07) is 9.55. The van der Waals surface area contributed by atoms with Crippen LogP contribution in [-0.4, -0.2) is 44.3 Å². The van der Waals surface area contributed by atoms with E-state index in [0.717, 1.165) is 11.4 Å². The van der Waals surface area contributed by atoms with Crippen LogP contribution in [0.5, 0.6) is 0 Å². The monoisotopic (exact) mass is 330 g/mol. The molecule has 0 bridgehead atoms. The van der Waals surface area contributed by atoms with E-state index in [-0.39, 0.29) is 6.47 Å². The van der Waals surface area contributed by atoms with Gasteiger partial charge in [0.1, 0.15) is 6.33 Å². The zero-order valence-corrected chi connectivity index (χ0v) is 14.6. The predicted molar refractivity (Wildman–Crippen MR) is 93.8 cm³/mol. The summed E-state index contributed by atoms with van der Waals surface area (Å²) in [5.74, 6) is 0.959. The fourth-order valence-corrected chi connectivity index (χ4v) is 3.11. The third-order valence-corrected chi connectivity index (χ3v) is 4.38. The molecule has 2 heterocycles. The van der Waals surface area contributed by atoms with E-state index < -0.39 is 0 Å². The lowest BCUT2D eigenvalue weighted by Gasteiger charge is -2.24. The van der Waals surface area contributed by atoms with E-state index >= 15 is 0 Å². The normalized spacial score (nSPS) is 15.8. The summed E-state index contributed by atoms with van der Waals surface area (Å²) >= 11 is 0. The van der Waals surface area contributed by atoms with Gasteiger partial charge in [-0.3, -0.25) is 9.69 Å². The second-order valence-electron chi connectivity index (χ2n) is 6.27. The molecule has 1 aromatic heterocycles. The molecule has 1 atom stereocenters. The van der Waals surface area contributed by atoms with Crippen LogP contribution in [0.15, 0.2) is 30.6 Å². The van der Waals surface area contributed by atoms with Gasteiger partial charge in [-0.25, -0.2) is 9.67 Å². The number of carboxylic acid groups (broad SMARTS) is 1. The van der Waals surface area contributed by atoms with Crippen LogP contribution in [0, 0.1) is 0 Å². The second kappa shape index (κ2) is 8.59. The molecule has 3 rings (SSSR count). The molecule has 1 saturated heterocycles. The van der Waals surface area contributed by atoms with Crippen LogP contribution in [0.1, 0.15) is 51.3 Å². The van der Waals surface area contributed by atoms with Gasteiger partial charge >= 0.3 is 0 Å². The van der Waals surface area contributed by atoms with Gasteiger partial charge in [0.2, 0.25) is 0 Å². The van der Waals surface area contributed by atoms with Crippen molar-refractivity contribution in [3.05, 3.63) is 36.2 Å². The van der Waals surface area contributed by atoms with Gasteiger partial charge in [0, 0.05) is 17.6 Å². The van der Waals surface area contributed by atoms with Crippen molar-refractivity contribution >= 4 is 6.47 Å². The summed E-state index contributed by atoms with van der Waals surface area (Å²) in [5.41, 5.74) is 2.53. The highest BCUT2D eigenvalue weighted by molar-refractivity contribution is 5.56. The number of benzene rings is 1. The van der Waals surface area contributed by atoms with E-state index in [0.29, 0.717) is 12.1 Å². The molecule has 0 amide bonds. The summed E-state index contributed by atoms with van der Waals surface area (Å²) in [6.07, 6.45) is 4.29. The molecule has 130 valence electrons. The molecule has 6 nitrogen and oxygen atoms in total. The molecule has 24 heavy (non-hydrogen) atoms. The molecular formula is C18H26N4O2. The first-order valence-electron chi connectivity index (χ1n) is 8.40. The molecule has 1 fully saturated rings. The van der Waals surface area contributed by atoms with Crippen molar-refractivity contribution < 1.29 is 9.90 Å². The molecule has 0 saturated carbocycles. The minimum atomic E-state index is -0.250. The molecule has 1 unspecified atom stereocenters. The SMILES string of the molecule is CC(c1cccc(-c2ncnn2C(C)C)c1)N1CCCC1.O=CO. The van der Waals surface area contributed by atoms with Gasteiger partial charge in [0.25, 0.3) is 6.47 Å². The maximum absolute atomic E-state index is 8.36. The van der Waals surface area contributed by atoms with Gasteiger partial charge in [0.05, 0.1) is 0 Å². The van der Waals surface area contributed by atoms with E-state index in [2.05, 4.69) is 60.0 Å². The van der Waals surface area contributed by atoms with E-state index in [4.69, 9.17) is 9.90 Å². The molecule has 0 radical (unpaired) electrons. The van der Waals surface area contributed by atoms with Crippen molar-refractivity contribution in [2.45, 2.75) is 45.7 Å². The van der Waals surface area contributed by atoms with Crippen molar-refractivity contribution in [3.8, 4) is 11.4 Å². The number of rotatable bonds is 4. The number of hydrogen-bond donors (Lipinski definition) is 1. The molecule has 2 aromatic rings. The number of hydrogen-bond acceptors (Lipinski definition) is 4. The van der Waals surface area contributed by atoms with Crippen molar-refractivity contribution in [2.24, 2.45) is 0 Å². The van der Waals surface area contributed by atoms with Crippen LogP contribution in [0.4, 0.5) is 0 Å². The van der Waals surface area contributed by atoms with Gasteiger partial charge in [0.15, 0.2) is 5.82 Å². The topological polar surface area (TPSA) is 71.2 Å². The second-order valence-corrected chi connectivity index (χ2v) is 6.27. The minimum absolute atomic E-state index is 0.250. The average molecular weight is 330 g/mol. The Hall–Kier alpha value is -2.21. The van der Waals surface area contributed by atoms with Crippen molar-refractivity contribution in [1.82, 2.24) is 19.7 Å². The van der Waals surface area contributed by atoms with E-state index in [1.54, 1.807) is 6.33 Å². The Bertz CT molecular complexity index is 648. The van der Waals surface area contributed by atoms with Gasteiger partial charge in [-0.1, -0.05) is 18.2 Å². The van der Waals surface area contributed by atoms with E-state index in [9.17, 15) is 0 Å². The van der Waals surface area contributed by atoms with Crippen LogP contribution in [0.2, 0.25) is 0 Å². The largest absolute Gasteiger partial charge is 0.483 e. The number of carbonyl (C=O) groups is 1. The molecule has 1 aromatic carbocycles. The smallest absolute Gasteiger partial charge is 0.290 e. The predicted octanol–water partition coefficient (Wildman–Crippen LogP) is 3.38. The van der Waals surface area contributed by atoms with Crippen molar-refractivity contribution in [1.29, 1.82) is 0 Å². The standard InChI is InChI=1S/C17H24N4.CH2O2/c1-13(2)21-17(18-12-19-21)16-8-6-7-15(11-16)14(3)20-9-4-5-10-20;2-1-3/h6-8,11-14H,4-5,9-10H2,1-3H3;1H,(H,2,3). The van der Waals surface area contributed by atoms with Gasteiger partial charge in [-0.2, -0.15) is 5.10 Å². The fourth-order valence-electron chi connectivity index (χ4n) is 3.11. The maximum Gasteiger partial charge on any atom is 0.290 e. The maximum atomic E-state index is 8.36. The highest BCUT2D eigenvalue weighted by Gasteiger charge is 2.20. The fraction of sp³-hybridized carbons (Fsp3) is 0.500. The van der Waals surface area contributed by atoms with E-state index in [1.807, 2.05) is 4.68 Å².